The fourth-order valence-electron chi connectivity index (χ4n) is 4.23. The molecule has 1 aliphatic heterocycles. The van der Waals surface area contributed by atoms with Crippen molar-refractivity contribution in [2.24, 2.45) is 0 Å². The van der Waals surface area contributed by atoms with Crippen LogP contribution in [0.3, 0.4) is 0 Å². The summed E-state index contributed by atoms with van der Waals surface area (Å²) >= 11 is 1.51. The van der Waals surface area contributed by atoms with Crippen molar-refractivity contribution >= 4 is 29.2 Å². The van der Waals surface area contributed by atoms with Gasteiger partial charge < -0.3 is 10.6 Å². The summed E-state index contributed by atoms with van der Waals surface area (Å²) < 4.78 is 13.5. The molecule has 0 bridgehead atoms. The van der Waals surface area contributed by atoms with Gasteiger partial charge in [0.15, 0.2) is 0 Å². The predicted molar refractivity (Wildman–Crippen MR) is 129 cm³/mol. The number of halogens is 1. The minimum absolute atomic E-state index is 0.361. The molecule has 34 heavy (non-hydrogen) atoms. The second kappa shape index (κ2) is 10.2. The Bertz CT molecular complexity index is 1150. The number of thiophene rings is 1. The highest BCUT2D eigenvalue weighted by molar-refractivity contribution is 7.10. The van der Waals surface area contributed by atoms with Crippen LogP contribution in [0.1, 0.15) is 48.2 Å². The number of hydrogen-bond acceptors (Lipinski definition) is 4. The van der Waals surface area contributed by atoms with Crippen LogP contribution in [0.25, 0.3) is 0 Å². The summed E-state index contributed by atoms with van der Waals surface area (Å²) in [4.78, 5) is 41.3. The Labute approximate surface area is 201 Å². The van der Waals surface area contributed by atoms with Crippen molar-refractivity contribution in [3.05, 3.63) is 93.9 Å². The third-order valence-corrected chi connectivity index (χ3v) is 6.92. The SMILES string of the molecule is CCCCC1(c2ccc(F)cc2)NC(=O)N(CC(=O)NC(c2ccccc2)c2cccs2)C1=O. The van der Waals surface area contributed by atoms with Gasteiger partial charge in [-0.15, -0.1) is 11.3 Å². The predicted octanol–water partition coefficient (Wildman–Crippen LogP) is 4.73. The van der Waals surface area contributed by atoms with Gasteiger partial charge in [-0.25, -0.2) is 9.18 Å². The van der Waals surface area contributed by atoms with E-state index < -0.39 is 41.8 Å². The minimum atomic E-state index is -1.31. The molecule has 4 rings (SSSR count). The molecule has 0 saturated carbocycles. The van der Waals surface area contributed by atoms with Crippen molar-refractivity contribution in [3.8, 4) is 0 Å². The van der Waals surface area contributed by atoms with E-state index in [0.29, 0.717) is 18.4 Å². The van der Waals surface area contributed by atoms with Crippen LogP contribution < -0.4 is 10.6 Å². The first-order valence-electron chi connectivity index (χ1n) is 11.2. The van der Waals surface area contributed by atoms with Crippen LogP contribution in [0.5, 0.6) is 0 Å². The summed E-state index contributed by atoms with van der Waals surface area (Å²) in [6.45, 7) is 1.58. The highest BCUT2D eigenvalue weighted by atomic mass is 32.1. The number of amides is 4. The van der Waals surface area contributed by atoms with E-state index in [1.54, 1.807) is 0 Å². The maximum absolute atomic E-state index is 13.5. The molecule has 1 aromatic heterocycles. The van der Waals surface area contributed by atoms with E-state index in [1.165, 1.54) is 35.6 Å². The summed E-state index contributed by atoms with van der Waals surface area (Å²) in [5.74, 6) is -1.38. The van der Waals surface area contributed by atoms with Crippen molar-refractivity contribution in [2.45, 2.75) is 37.8 Å². The number of hydrogen-bond donors (Lipinski definition) is 2. The van der Waals surface area contributed by atoms with Gasteiger partial charge in [0, 0.05) is 4.88 Å². The summed E-state index contributed by atoms with van der Waals surface area (Å²) in [6.07, 6.45) is 1.85. The molecule has 0 radical (unpaired) electrons. The van der Waals surface area contributed by atoms with Gasteiger partial charge in [-0.05, 0) is 41.1 Å². The Balaban J connectivity index is 1.56. The van der Waals surface area contributed by atoms with E-state index in [1.807, 2.05) is 54.8 Å². The normalized spacial score (nSPS) is 18.6. The first-order chi connectivity index (χ1) is 16.4. The van der Waals surface area contributed by atoms with Crippen molar-refractivity contribution in [1.82, 2.24) is 15.5 Å². The third kappa shape index (κ3) is 4.72. The molecular weight excluding hydrogens is 453 g/mol. The second-order valence-electron chi connectivity index (χ2n) is 8.26. The average molecular weight is 480 g/mol. The van der Waals surface area contributed by atoms with Crippen LogP contribution >= 0.6 is 11.3 Å². The molecule has 2 atom stereocenters. The number of unbranched alkanes of at least 4 members (excludes halogenated alkanes) is 1. The van der Waals surface area contributed by atoms with E-state index in [2.05, 4.69) is 10.6 Å². The minimum Gasteiger partial charge on any atom is -0.343 e. The fourth-order valence-corrected chi connectivity index (χ4v) is 5.03. The first kappa shape index (κ1) is 23.6. The smallest absolute Gasteiger partial charge is 0.325 e. The highest BCUT2D eigenvalue weighted by Crippen LogP contribution is 2.34. The number of nitrogens with one attached hydrogen (secondary N) is 2. The number of carbonyl (C=O) groups excluding carboxylic acids is 3. The highest BCUT2D eigenvalue weighted by Gasteiger charge is 2.52. The largest absolute Gasteiger partial charge is 0.343 e. The van der Waals surface area contributed by atoms with Crippen molar-refractivity contribution < 1.29 is 18.8 Å². The van der Waals surface area contributed by atoms with Gasteiger partial charge in [-0.2, -0.15) is 0 Å². The lowest BCUT2D eigenvalue weighted by molar-refractivity contribution is -0.135. The van der Waals surface area contributed by atoms with Crippen LogP contribution in [0.15, 0.2) is 72.1 Å². The number of rotatable bonds is 9. The van der Waals surface area contributed by atoms with E-state index in [0.717, 1.165) is 21.8 Å². The van der Waals surface area contributed by atoms with E-state index in [-0.39, 0.29) is 0 Å². The maximum atomic E-state index is 13.5. The molecular formula is C26H26FN3O3S. The maximum Gasteiger partial charge on any atom is 0.325 e. The second-order valence-corrected chi connectivity index (χ2v) is 9.24. The molecule has 1 aliphatic rings. The molecule has 1 fully saturated rings. The molecule has 2 aromatic carbocycles. The van der Waals surface area contributed by atoms with Gasteiger partial charge in [-0.3, -0.25) is 14.5 Å². The zero-order chi connectivity index (χ0) is 24.1. The Morgan fingerprint density at radius 1 is 1.09 bits per heavy atom. The van der Waals surface area contributed by atoms with Crippen LogP contribution in [0.2, 0.25) is 0 Å². The molecule has 2 heterocycles. The molecule has 0 spiro atoms. The molecule has 1 saturated heterocycles. The standard InChI is InChI=1S/C26H26FN3O3S/c1-2-3-15-26(19-11-13-20(27)14-12-19)24(32)30(25(33)29-26)17-22(31)28-23(21-10-7-16-34-21)18-8-5-4-6-9-18/h4-14,16,23H,2-3,15,17H2,1H3,(H,28,31)(H,29,33). The van der Waals surface area contributed by atoms with E-state index >= 15 is 0 Å². The van der Waals surface area contributed by atoms with E-state index in [9.17, 15) is 18.8 Å². The molecule has 0 aliphatic carbocycles. The Morgan fingerprint density at radius 2 is 1.82 bits per heavy atom. The molecule has 8 heteroatoms. The van der Waals surface area contributed by atoms with Crippen LogP contribution in [0.4, 0.5) is 9.18 Å². The lowest BCUT2D eigenvalue weighted by Crippen LogP contribution is -2.45. The fraction of sp³-hybridized carbons (Fsp3) is 0.269. The molecule has 3 aromatic rings. The molecule has 6 nitrogen and oxygen atoms in total. The number of imide groups is 1. The lowest BCUT2D eigenvalue weighted by Gasteiger charge is -2.27. The van der Waals surface area contributed by atoms with Crippen LogP contribution in [-0.2, 0) is 15.1 Å². The summed E-state index contributed by atoms with van der Waals surface area (Å²) in [6, 6.07) is 17.9. The molecule has 176 valence electrons. The Hall–Kier alpha value is -3.52. The number of carbonyl (C=O) groups is 3. The monoisotopic (exact) mass is 479 g/mol. The molecule has 2 N–H and O–H groups in total. The Morgan fingerprint density at radius 3 is 2.47 bits per heavy atom. The number of urea groups is 1. The van der Waals surface area contributed by atoms with Crippen molar-refractivity contribution in [2.75, 3.05) is 6.54 Å². The van der Waals surface area contributed by atoms with Gasteiger partial charge in [0.05, 0.1) is 6.04 Å². The number of benzene rings is 2. The van der Waals surface area contributed by atoms with Gasteiger partial charge in [0.25, 0.3) is 5.91 Å². The zero-order valence-electron chi connectivity index (χ0n) is 18.8. The van der Waals surface area contributed by atoms with Gasteiger partial charge in [0.1, 0.15) is 17.9 Å². The summed E-state index contributed by atoms with van der Waals surface area (Å²) in [5, 5.41) is 7.69. The van der Waals surface area contributed by atoms with Crippen molar-refractivity contribution in [1.29, 1.82) is 0 Å². The Kier molecular flexibility index (Phi) is 7.07. The third-order valence-electron chi connectivity index (χ3n) is 5.99. The molecule has 4 amide bonds. The number of nitrogens with zero attached hydrogens (tertiary/aromatic N) is 1. The quantitative estimate of drug-likeness (QED) is 0.436. The van der Waals surface area contributed by atoms with Gasteiger partial charge in [0.2, 0.25) is 5.91 Å². The zero-order valence-corrected chi connectivity index (χ0v) is 19.6. The van der Waals surface area contributed by atoms with Gasteiger partial charge >= 0.3 is 6.03 Å². The first-order valence-corrected chi connectivity index (χ1v) is 12.1. The average Bonchev–Trinajstić information content (AvgIpc) is 3.46. The van der Waals surface area contributed by atoms with Crippen molar-refractivity contribution in [3.63, 3.8) is 0 Å². The van der Waals surface area contributed by atoms with Crippen LogP contribution in [0, 0.1) is 5.82 Å². The van der Waals surface area contributed by atoms with Crippen LogP contribution in [-0.4, -0.2) is 29.3 Å². The summed E-state index contributed by atoms with van der Waals surface area (Å²) in [7, 11) is 0. The molecule has 2 unspecified atom stereocenters. The lowest BCUT2D eigenvalue weighted by atomic mass is 9.85. The van der Waals surface area contributed by atoms with Gasteiger partial charge in [-0.1, -0.05) is 68.3 Å². The summed E-state index contributed by atoms with van der Waals surface area (Å²) in [5.41, 5.74) is 0.0941. The van der Waals surface area contributed by atoms with E-state index in [4.69, 9.17) is 0 Å². The topological polar surface area (TPSA) is 78.5 Å².